The topological polar surface area (TPSA) is 77.3 Å². The maximum absolute atomic E-state index is 11.4. The monoisotopic (exact) mass is 344 g/mol. The fourth-order valence-corrected chi connectivity index (χ4v) is 3.79. The Kier molecular flexibility index (Phi) is 6.98. The summed E-state index contributed by atoms with van der Waals surface area (Å²) in [6.07, 6.45) is 4.21. The van der Waals surface area contributed by atoms with Crippen molar-refractivity contribution >= 4 is 9.84 Å². The van der Waals surface area contributed by atoms with Crippen LogP contribution in [0.25, 0.3) is 0 Å². The third-order valence-corrected chi connectivity index (χ3v) is 5.55. The molecule has 0 atom stereocenters. The molecule has 1 aromatic rings. The first kappa shape index (κ1) is 18.4. The van der Waals surface area contributed by atoms with Gasteiger partial charge in [0.2, 0.25) is 0 Å². The minimum atomic E-state index is -2.83. The summed E-state index contributed by atoms with van der Waals surface area (Å²) < 4.78 is 30.2. The summed E-state index contributed by atoms with van der Waals surface area (Å²) >= 11 is 0. The molecule has 23 heavy (non-hydrogen) atoms. The molecule has 2 heterocycles. The Morgan fingerprint density at radius 3 is 2.70 bits per heavy atom. The van der Waals surface area contributed by atoms with Crippen LogP contribution in [0.1, 0.15) is 32.4 Å². The molecule has 0 aliphatic carbocycles. The molecule has 0 saturated carbocycles. The first-order valence-electron chi connectivity index (χ1n) is 8.34. The Morgan fingerprint density at radius 1 is 1.26 bits per heavy atom. The molecule has 1 aliphatic heterocycles. The Labute approximate surface area is 138 Å². The second kappa shape index (κ2) is 8.75. The molecule has 2 rings (SSSR count). The van der Waals surface area contributed by atoms with Crippen LogP contribution in [0.4, 0.5) is 0 Å². The van der Waals surface area contributed by atoms with Crippen molar-refractivity contribution in [1.82, 2.24) is 19.9 Å². The van der Waals surface area contributed by atoms with Crippen molar-refractivity contribution < 1.29 is 13.2 Å². The fourth-order valence-electron chi connectivity index (χ4n) is 2.51. The fraction of sp³-hybridized carbons (Fsp3) is 0.867. The van der Waals surface area contributed by atoms with Crippen LogP contribution in [-0.2, 0) is 27.7 Å². The summed E-state index contributed by atoms with van der Waals surface area (Å²) in [5.74, 6) is 1.21. The highest BCUT2D eigenvalue weighted by atomic mass is 32.2. The molecular weight excluding hydrogens is 316 g/mol. The minimum absolute atomic E-state index is 0.241. The van der Waals surface area contributed by atoms with E-state index in [2.05, 4.69) is 29.1 Å². The van der Waals surface area contributed by atoms with Crippen molar-refractivity contribution in [1.29, 1.82) is 0 Å². The summed E-state index contributed by atoms with van der Waals surface area (Å²) in [4.78, 5) is 2.11. The van der Waals surface area contributed by atoms with Crippen LogP contribution in [0.5, 0.6) is 0 Å². The Bertz CT molecular complexity index is 557. The maximum Gasteiger partial charge on any atom is 0.152 e. The van der Waals surface area contributed by atoms with Gasteiger partial charge in [0.1, 0.15) is 0 Å². The molecule has 0 unspecified atom stereocenters. The maximum atomic E-state index is 11.4. The van der Waals surface area contributed by atoms with Gasteiger partial charge < -0.3 is 4.74 Å². The molecule has 0 amide bonds. The van der Waals surface area contributed by atoms with Gasteiger partial charge in [-0.2, -0.15) is 0 Å². The zero-order chi connectivity index (χ0) is 16.7. The van der Waals surface area contributed by atoms with E-state index in [9.17, 15) is 8.42 Å². The van der Waals surface area contributed by atoms with Crippen LogP contribution in [-0.4, -0.2) is 66.1 Å². The van der Waals surface area contributed by atoms with Gasteiger partial charge in [0.05, 0.1) is 30.4 Å². The number of rotatable bonds is 9. The van der Waals surface area contributed by atoms with Gasteiger partial charge in [-0.15, -0.1) is 5.10 Å². The van der Waals surface area contributed by atoms with Gasteiger partial charge in [-0.25, -0.2) is 13.1 Å². The van der Waals surface area contributed by atoms with E-state index < -0.39 is 9.84 Å². The lowest BCUT2D eigenvalue weighted by Crippen LogP contribution is -2.39. The Morgan fingerprint density at radius 2 is 2.00 bits per heavy atom. The van der Waals surface area contributed by atoms with Crippen molar-refractivity contribution in [3.05, 3.63) is 11.9 Å². The second-order valence-electron chi connectivity index (χ2n) is 6.55. The first-order valence-corrected chi connectivity index (χ1v) is 10.2. The molecule has 0 radical (unpaired) electrons. The molecule has 0 N–H and O–H groups in total. The van der Waals surface area contributed by atoms with E-state index in [0.717, 1.165) is 24.6 Å². The first-order chi connectivity index (χ1) is 10.9. The van der Waals surface area contributed by atoms with E-state index in [1.54, 1.807) is 4.68 Å². The van der Waals surface area contributed by atoms with E-state index in [1.807, 2.05) is 6.20 Å². The zero-order valence-corrected chi connectivity index (χ0v) is 15.0. The number of nitrogens with zero attached hydrogens (tertiary/aromatic N) is 4. The molecule has 1 fully saturated rings. The molecule has 1 aromatic heterocycles. The molecule has 8 heteroatoms. The van der Waals surface area contributed by atoms with Crippen molar-refractivity contribution in [2.24, 2.45) is 5.92 Å². The average Bonchev–Trinajstić information content (AvgIpc) is 2.92. The van der Waals surface area contributed by atoms with E-state index >= 15 is 0 Å². The van der Waals surface area contributed by atoms with Gasteiger partial charge in [-0.3, -0.25) is 4.90 Å². The van der Waals surface area contributed by atoms with Gasteiger partial charge in [0.25, 0.3) is 0 Å². The standard InChI is InChI=1S/C15H28N4O3S/c1-14(2)4-3-8-22-9-5-19-13-15(16-17-19)12-18-6-10-23(20,21)11-7-18/h13-14H,3-12H2,1-2H3. The minimum Gasteiger partial charge on any atom is -0.380 e. The molecule has 7 nitrogen and oxygen atoms in total. The van der Waals surface area contributed by atoms with E-state index in [4.69, 9.17) is 4.74 Å². The lowest BCUT2D eigenvalue weighted by molar-refractivity contribution is 0.117. The largest absolute Gasteiger partial charge is 0.380 e. The molecule has 0 bridgehead atoms. The van der Waals surface area contributed by atoms with E-state index in [1.165, 1.54) is 6.42 Å². The summed E-state index contributed by atoms with van der Waals surface area (Å²) in [7, 11) is -2.83. The summed E-state index contributed by atoms with van der Waals surface area (Å²) in [5.41, 5.74) is 0.879. The molecule has 0 aromatic carbocycles. The third-order valence-electron chi connectivity index (χ3n) is 3.94. The SMILES string of the molecule is CC(C)CCCOCCn1cc(CN2CCS(=O)(=O)CC2)nn1. The summed E-state index contributed by atoms with van der Waals surface area (Å²) in [5, 5.41) is 8.25. The lowest BCUT2D eigenvalue weighted by atomic mass is 10.1. The summed E-state index contributed by atoms with van der Waals surface area (Å²) in [6.45, 7) is 8.38. The van der Waals surface area contributed by atoms with Gasteiger partial charge in [0, 0.05) is 32.4 Å². The number of hydrogen-bond donors (Lipinski definition) is 0. The Hall–Kier alpha value is -0.990. The van der Waals surface area contributed by atoms with E-state index in [-0.39, 0.29) is 11.5 Å². The van der Waals surface area contributed by atoms with Crippen LogP contribution in [0.3, 0.4) is 0 Å². The van der Waals surface area contributed by atoms with Gasteiger partial charge >= 0.3 is 0 Å². The lowest BCUT2D eigenvalue weighted by Gasteiger charge is -2.25. The molecular formula is C15H28N4O3S. The summed E-state index contributed by atoms with van der Waals surface area (Å²) in [6, 6.07) is 0. The predicted octanol–water partition coefficient (Wildman–Crippen LogP) is 0.961. The van der Waals surface area contributed by atoms with Crippen LogP contribution < -0.4 is 0 Å². The molecule has 0 spiro atoms. The second-order valence-corrected chi connectivity index (χ2v) is 8.85. The van der Waals surface area contributed by atoms with E-state index in [0.29, 0.717) is 32.8 Å². The van der Waals surface area contributed by atoms with Gasteiger partial charge in [0.15, 0.2) is 9.84 Å². The zero-order valence-electron chi connectivity index (χ0n) is 14.1. The molecule has 1 saturated heterocycles. The third kappa shape index (κ3) is 6.97. The number of ether oxygens (including phenoxy) is 1. The number of hydrogen-bond acceptors (Lipinski definition) is 6. The predicted molar refractivity (Wildman–Crippen MR) is 88.8 cm³/mol. The van der Waals surface area contributed by atoms with Crippen molar-refractivity contribution in [3.63, 3.8) is 0 Å². The highest BCUT2D eigenvalue weighted by Gasteiger charge is 2.22. The molecule has 1 aliphatic rings. The average molecular weight is 344 g/mol. The van der Waals surface area contributed by atoms with Gasteiger partial charge in [-0.05, 0) is 18.8 Å². The van der Waals surface area contributed by atoms with Crippen molar-refractivity contribution in [2.75, 3.05) is 37.8 Å². The quantitative estimate of drug-likeness (QED) is 0.621. The Balaban J connectivity index is 1.64. The normalized spacial score (nSPS) is 18.6. The van der Waals surface area contributed by atoms with Crippen LogP contribution >= 0.6 is 0 Å². The van der Waals surface area contributed by atoms with Crippen LogP contribution in [0, 0.1) is 5.92 Å². The highest BCUT2D eigenvalue weighted by Crippen LogP contribution is 2.08. The smallest absolute Gasteiger partial charge is 0.152 e. The highest BCUT2D eigenvalue weighted by molar-refractivity contribution is 7.91. The van der Waals surface area contributed by atoms with Gasteiger partial charge in [-0.1, -0.05) is 19.1 Å². The number of sulfone groups is 1. The number of aromatic nitrogens is 3. The van der Waals surface area contributed by atoms with Crippen LogP contribution in [0.2, 0.25) is 0 Å². The van der Waals surface area contributed by atoms with Crippen molar-refractivity contribution in [3.8, 4) is 0 Å². The van der Waals surface area contributed by atoms with Crippen LogP contribution in [0.15, 0.2) is 6.20 Å². The van der Waals surface area contributed by atoms with Crippen molar-refractivity contribution in [2.45, 2.75) is 39.8 Å². The molecule has 132 valence electrons.